The number of nitrogens with zero attached hydrogens (tertiary/aromatic N) is 3. The Kier molecular flexibility index (Phi) is 7.82. The first-order chi connectivity index (χ1) is 14.0. The van der Waals surface area contributed by atoms with Crippen molar-refractivity contribution in [2.75, 3.05) is 65.6 Å². The van der Waals surface area contributed by atoms with Crippen molar-refractivity contribution >= 4 is 29.3 Å². The molecule has 3 rings (SSSR count). The number of hydrogen-bond acceptors (Lipinski definition) is 6. The van der Waals surface area contributed by atoms with Crippen molar-refractivity contribution in [2.45, 2.75) is 0 Å². The zero-order valence-electron chi connectivity index (χ0n) is 16.2. The number of nitrogens with one attached hydrogen (secondary N) is 2. The Balaban J connectivity index is 1.35. The summed E-state index contributed by atoms with van der Waals surface area (Å²) in [4.78, 5) is 42.5. The number of ether oxygens (including phenoxy) is 1. The Labute approximate surface area is 174 Å². The van der Waals surface area contributed by atoms with Gasteiger partial charge in [0.1, 0.15) is 0 Å². The average molecular weight is 424 g/mol. The summed E-state index contributed by atoms with van der Waals surface area (Å²) in [7, 11) is 0. The maximum Gasteiger partial charge on any atom is 0.271 e. The summed E-state index contributed by atoms with van der Waals surface area (Å²) in [5, 5.41) is 0.317. The Morgan fingerprint density at radius 2 is 1.55 bits per heavy atom. The van der Waals surface area contributed by atoms with Gasteiger partial charge in [-0.3, -0.25) is 35.0 Å². The minimum absolute atomic E-state index is 0.114. The molecule has 0 radical (unpaired) electrons. The molecule has 0 saturated carbocycles. The smallest absolute Gasteiger partial charge is 0.271 e. The van der Waals surface area contributed by atoms with Crippen LogP contribution in [-0.4, -0.2) is 98.0 Å². The van der Waals surface area contributed by atoms with Gasteiger partial charge in [0.05, 0.1) is 36.9 Å². The molecule has 0 aromatic heterocycles. The molecule has 1 aromatic carbocycles. The van der Waals surface area contributed by atoms with Gasteiger partial charge in [0.15, 0.2) is 0 Å². The molecular formula is C19H26ClN5O4. The van der Waals surface area contributed by atoms with Crippen molar-refractivity contribution in [3.05, 3.63) is 34.9 Å². The fraction of sp³-hybridized carbons (Fsp3) is 0.526. The summed E-state index contributed by atoms with van der Waals surface area (Å²) < 4.78 is 5.30. The van der Waals surface area contributed by atoms with Crippen molar-refractivity contribution in [3.8, 4) is 0 Å². The monoisotopic (exact) mass is 423 g/mol. The fourth-order valence-corrected chi connectivity index (χ4v) is 3.51. The van der Waals surface area contributed by atoms with Crippen LogP contribution >= 0.6 is 11.6 Å². The maximum atomic E-state index is 12.4. The first-order valence-electron chi connectivity index (χ1n) is 9.67. The summed E-state index contributed by atoms with van der Waals surface area (Å²) in [6, 6.07) is 6.61. The van der Waals surface area contributed by atoms with Gasteiger partial charge in [0.25, 0.3) is 11.8 Å². The molecule has 2 aliphatic heterocycles. The third kappa shape index (κ3) is 6.40. The standard InChI is InChI=1S/C19H26ClN5O4/c20-16-4-2-1-3-15(16)19(28)22-21-17(26)13-23-5-7-25(8-6-23)18(27)14-24-9-11-29-12-10-24/h1-4H,5-14H2,(H,21,26)(H,22,28). The number of halogens is 1. The van der Waals surface area contributed by atoms with E-state index in [1.165, 1.54) is 0 Å². The van der Waals surface area contributed by atoms with Gasteiger partial charge in [-0.05, 0) is 12.1 Å². The normalized spacial score (nSPS) is 18.3. The molecule has 158 valence electrons. The number of rotatable bonds is 5. The van der Waals surface area contributed by atoms with Crippen LogP contribution in [0.1, 0.15) is 10.4 Å². The van der Waals surface area contributed by atoms with Gasteiger partial charge in [-0.15, -0.1) is 0 Å². The van der Waals surface area contributed by atoms with Crippen LogP contribution in [0.2, 0.25) is 5.02 Å². The second kappa shape index (κ2) is 10.5. The molecule has 2 aliphatic rings. The Bertz CT molecular complexity index is 733. The van der Waals surface area contributed by atoms with E-state index in [1.54, 1.807) is 24.3 Å². The highest BCUT2D eigenvalue weighted by Gasteiger charge is 2.24. The highest BCUT2D eigenvalue weighted by atomic mass is 35.5. The van der Waals surface area contributed by atoms with Gasteiger partial charge >= 0.3 is 0 Å². The van der Waals surface area contributed by atoms with Crippen LogP contribution in [0.15, 0.2) is 24.3 Å². The Hall–Kier alpha value is -2.20. The van der Waals surface area contributed by atoms with Gasteiger partial charge in [0, 0.05) is 39.3 Å². The van der Waals surface area contributed by atoms with E-state index in [1.807, 2.05) is 9.80 Å². The zero-order valence-corrected chi connectivity index (χ0v) is 17.0. The number of morpholine rings is 1. The SMILES string of the molecule is O=C(CN1CCN(C(=O)CN2CCOCC2)CC1)NNC(=O)c1ccccc1Cl. The Morgan fingerprint density at radius 1 is 0.897 bits per heavy atom. The van der Waals surface area contributed by atoms with E-state index in [2.05, 4.69) is 15.8 Å². The molecule has 2 heterocycles. The van der Waals surface area contributed by atoms with Crippen LogP contribution in [0, 0.1) is 0 Å². The fourth-order valence-electron chi connectivity index (χ4n) is 3.29. The van der Waals surface area contributed by atoms with Crippen molar-refractivity contribution in [2.24, 2.45) is 0 Å². The largest absolute Gasteiger partial charge is 0.379 e. The van der Waals surface area contributed by atoms with Crippen LogP contribution in [0.5, 0.6) is 0 Å². The molecule has 0 spiro atoms. The molecule has 0 unspecified atom stereocenters. The maximum absolute atomic E-state index is 12.4. The summed E-state index contributed by atoms with van der Waals surface area (Å²) in [6.07, 6.45) is 0. The number of carbonyl (C=O) groups is 3. The molecule has 2 fully saturated rings. The molecule has 2 saturated heterocycles. The molecule has 0 atom stereocenters. The minimum atomic E-state index is -0.470. The summed E-state index contributed by atoms with van der Waals surface area (Å²) in [5.74, 6) is -0.677. The van der Waals surface area contributed by atoms with E-state index in [0.717, 1.165) is 13.1 Å². The van der Waals surface area contributed by atoms with Crippen LogP contribution in [0.4, 0.5) is 0 Å². The highest BCUT2D eigenvalue weighted by Crippen LogP contribution is 2.14. The molecular weight excluding hydrogens is 398 g/mol. The number of piperazine rings is 1. The first-order valence-corrected chi connectivity index (χ1v) is 10.0. The lowest BCUT2D eigenvalue weighted by Crippen LogP contribution is -2.54. The zero-order chi connectivity index (χ0) is 20.6. The van der Waals surface area contributed by atoms with Gasteiger partial charge < -0.3 is 9.64 Å². The first kappa shape index (κ1) is 21.5. The lowest BCUT2D eigenvalue weighted by Gasteiger charge is -2.36. The predicted octanol–water partition coefficient (Wildman–Crippen LogP) is -0.423. The molecule has 9 nitrogen and oxygen atoms in total. The number of benzene rings is 1. The van der Waals surface area contributed by atoms with E-state index in [0.29, 0.717) is 56.5 Å². The molecule has 10 heteroatoms. The Morgan fingerprint density at radius 3 is 2.24 bits per heavy atom. The second-order valence-electron chi connectivity index (χ2n) is 7.03. The lowest BCUT2D eigenvalue weighted by molar-refractivity contribution is -0.135. The third-order valence-electron chi connectivity index (χ3n) is 4.99. The van der Waals surface area contributed by atoms with E-state index in [4.69, 9.17) is 16.3 Å². The number of carbonyl (C=O) groups excluding carboxylic acids is 3. The van der Waals surface area contributed by atoms with Crippen molar-refractivity contribution in [3.63, 3.8) is 0 Å². The summed E-state index contributed by atoms with van der Waals surface area (Å²) in [5.41, 5.74) is 5.07. The van der Waals surface area contributed by atoms with Crippen molar-refractivity contribution in [1.29, 1.82) is 0 Å². The van der Waals surface area contributed by atoms with Crippen molar-refractivity contribution in [1.82, 2.24) is 25.6 Å². The average Bonchev–Trinajstić information content (AvgIpc) is 2.73. The van der Waals surface area contributed by atoms with E-state index >= 15 is 0 Å². The van der Waals surface area contributed by atoms with Crippen LogP contribution in [-0.2, 0) is 14.3 Å². The topological polar surface area (TPSA) is 94.2 Å². The van der Waals surface area contributed by atoms with Crippen molar-refractivity contribution < 1.29 is 19.1 Å². The molecule has 3 amide bonds. The predicted molar refractivity (Wildman–Crippen MR) is 107 cm³/mol. The number of amides is 3. The third-order valence-corrected chi connectivity index (χ3v) is 5.32. The van der Waals surface area contributed by atoms with Gasteiger partial charge in [0.2, 0.25) is 5.91 Å². The van der Waals surface area contributed by atoms with Crippen LogP contribution in [0.3, 0.4) is 0 Å². The summed E-state index contributed by atoms with van der Waals surface area (Å²) >= 11 is 5.97. The highest BCUT2D eigenvalue weighted by molar-refractivity contribution is 6.33. The van der Waals surface area contributed by atoms with Crippen LogP contribution < -0.4 is 10.9 Å². The lowest BCUT2D eigenvalue weighted by atomic mass is 10.2. The molecule has 0 bridgehead atoms. The van der Waals surface area contributed by atoms with Gasteiger partial charge in [-0.2, -0.15) is 0 Å². The molecule has 29 heavy (non-hydrogen) atoms. The minimum Gasteiger partial charge on any atom is -0.379 e. The second-order valence-corrected chi connectivity index (χ2v) is 7.43. The molecule has 0 aliphatic carbocycles. The van der Waals surface area contributed by atoms with Crippen LogP contribution in [0.25, 0.3) is 0 Å². The van der Waals surface area contributed by atoms with E-state index < -0.39 is 5.91 Å². The quantitative estimate of drug-likeness (QED) is 0.625. The molecule has 2 N–H and O–H groups in total. The van der Waals surface area contributed by atoms with E-state index in [-0.39, 0.29) is 18.4 Å². The summed E-state index contributed by atoms with van der Waals surface area (Å²) in [6.45, 7) is 5.86. The van der Waals surface area contributed by atoms with Gasteiger partial charge in [-0.25, -0.2) is 0 Å². The number of hydrazine groups is 1. The molecule has 1 aromatic rings. The van der Waals surface area contributed by atoms with E-state index in [9.17, 15) is 14.4 Å². The van der Waals surface area contributed by atoms with Gasteiger partial charge in [-0.1, -0.05) is 23.7 Å². The number of hydrogen-bond donors (Lipinski definition) is 2.